The van der Waals surface area contributed by atoms with E-state index in [0.717, 1.165) is 16.8 Å². The maximum atomic E-state index is 4.10. The van der Waals surface area contributed by atoms with E-state index in [2.05, 4.69) is 48.3 Å². The normalized spacial score (nSPS) is 10.7. The van der Waals surface area contributed by atoms with E-state index in [1.54, 1.807) is 0 Å². The van der Waals surface area contributed by atoms with Gasteiger partial charge in [-0.2, -0.15) is 10.3 Å². The van der Waals surface area contributed by atoms with Crippen molar-refractivity contribution < 1.29 is 0 Å². The van der Waals surface area contributed by atoms with Crippen LogP contribution in [-0.2, 0) is 13.1 Å². The van der Waals surface area contributed by atoms with Crippen molar-refractivity contribution in [3.8, 4) is 11.3 Å². The minimum Gasteiger partial charge on any atom is -0.305 e. The molecule has 0 aliphatic heterocycles. The first-order valence-electron chi connectivity index (χ1n) is 5.94. The number of benzene rings is 1. The Morgan fingerprint density at radius 3 is 2.79 bits per heavy atom. The zero-order valence-electron chi connectivity index (χ0n) is 10.2. The number of hydrogen-bond acceptors (Lipinski definition) is 5. The van der Waals surface area contributed by atoms with Crippen molar-refractivity contribution in [3.63, 3.8) is 0 Å². The summed E-state index contributed by atoms with van der Waals surface area (Å²) in [7, 11) is 0. The third kappa shape index (κ3) is 2.66. The molecule has 0 aliphatic carbocycles. The number of aromatic nitrogens is 6. The lowest BCUT2D eigenvalue weighted by Gasteiger charge is -2.03. The first kappa shape index (κ1) is 11.5. The molecule has 0 atom stereocenters. The highest BCUT2D eigenvalue weighted by molar-refractivity contribution is 5.62. The molecular formula is C12H13N7. The van der Waals surface area contributed by atoms with E-state index in [9.17, 15) is 0 Å². The van der Waals surface area contributed by atoms with Crippen molar-refractivity contribution in [2.75, 3.05) is 0 Å². The van der Waals surface area contributed by atoms with Gasteiger partial charge in [-0.15, -0.1) is 10.2 Å². The summed E-state index contributed by atoms with van der Waals surface area (Å²) in [6, 6.07) is 10.1. The molecule has 2 aromatic heterocycles. The third-order valence-corrected chi connectivity index (χ3v) is 2.77. The highest BCUT2D eigenvalue weighted by Gasteiger charge is 2.07. The van der Waals surface area contributed by atoms with E-state index in [1.807, 2.05) is 24.4 Å². The molecule has 19 heavy (non-hydrogen) atoms. The van der Waals surface area contributed by atoms with Crippen molar-refractivity contribution in [2.24, 2.45) is 0 Å². The molecule has 0 saturated heterocycles. The average Bonchev–Trinajstić information content (AvgIpc) is 3.11. The number of rotatable bonds is 5. The molecule has 1 aromatic carbocycles. The van der Waals surface area contributed by atoms with Crippen LogP contribution in [0.15, 0.2) is 36.5 Å². The van der Waals surface area contributed by atoms with Crippen LogP contribution in [0, 0.1) is 0 Å². The molecule has 0 amide bonds. The minimum atomic E-state index is 0.565. The fraction of sp³-hybridized carbons (Fsp3) is 0.167. The molecule has 0 saturated carbocycles. The Morgan fingerprint density at radius 1 is 1.11 bits per heavy atom. The zero-order valence-corrected chi connectivity index (χ0v) is 10.2. The van der Waals surface area contributed by atoms with Gasteiger partial charge in [-0.1, -0.05) is 35.5 Å². The van der Waals surface area contributed by atoms with Gasteiger partial charge in [0, 0.05) is 12.1 Å². The number of hydrogen-bond donors (Lipinski definition) is 3. The van der Waals surface area contributed by atoms with Crippen molar-refractivity contribution in [1.29, 1.82) is 0 Å². The molecule has 3 N–H and O–H groups in total. The smallest absolute Gasteiger partial charge is 0.188 e. The highest BCUT2D eigenvalue weighted by Crippen LogP contribution is 2.20. The summed E-state index contributed by atoms with van der Waals surface area (Å²) in [5.74, 6) is 0.643. The molecule has 96 valence electrons. The van der Waals surface area contributed by atoms with Gasteiger partial charge in [0.05, 0.1) is 18.4 Å². The number of tetrazole rings is 1. The van der Waals surface area contributed by atoms with Crippen LogP contribution in [0.25, 0.3) is 11.3 Å². The second-order valence-corrected chi connectivity index (χ2v) is 4.07. The van der Waals surface area contributed by atoms with Crippen LogP contribution in [0.1, 0.15) is 11.4 Å². The predicted molar refractivity (Wildman–Crippen MR) is 68.7 cm³/mol. The van der Waals surface area contributed by atoms with E-state index in [0.29, 0.717) is 18.9 Å². The fourth-order valence-electron chi connectivity index (χ4n) is 1.87. The molecule has 0 bridgehead atoms. The molecule has 3 rings (SSSR count). The predicted octanol–water partition coefficient (Wildman–Crippen LogP) is 0.880. The average molecular weight is 255 g/mol. The maximum absolute atomic E-state index is 4.10. The topological polar surface area (TPSA) is 95.2 Å². The fourth-order valence-corrected chi connectivity index (χ4v) is 1.87. The second-order valence-electron chi connectivity index (χ2n) is 4.07. The largest absolute Gasteiger partial charge is 0.305 e. The highest BCUT2D eigenvalue weighted by atomic mass is 15.5. The molecule has 0 fully saturated rings. The van der Waals surface area contributed by atoms with Crippen molar-refractivity contribution >= 4 is 0 Å². The summed E-state index contributed by atoms with van der Waals surface area (Å²) in [6.45, 7) is 1.26. The van der Waals surface area contributed by atoms with Crippen LogP contribution >= 0.6 is 0 Å². The van der Waals surface area contributed by atoms with Gasteiger partial charge in [0.2, 0.25) is 0 Å². The van der Waals surface area contributed by atoms with E-state index in [-0.39, 0.29) is 0 Å². The summed E-state index contributed by atoms with van der Waals surface area (Å²) < 4.78 is 0. The maximum Gasteiger partial charge on any atom is 0.188 e. The lowest BCUT2D eigenvalue weighted by molar-refractivity contribution is 0.664. The lowest BCUT2D eigenvalue weighted by Crippen LogP contribution is -2.14. The number of nitrogens with zero attached hydrogens (tertiary/aromatic N) is 4. The molecule has 0 aliphatic rings. The number of nitrogens with one attached hydrogen (secondary N) is 3. The van der Waals surface area contributed by atoms with Gasteiger partial charge in [0.1, 0.15) is 0 Å². The van der Waals surface area contributed by atoms with Gasteiger partial charge in [-0.25, -0.2) is 0 Å². The van der Waals surface area contributed by atoms with Crippen LogP contribution in [-0.4, -0.2) is 30.8 Å². The van der Waals surface area contributed by atoms with Crippen LogP contribution in [0.3, 0.4) is 0 Å². The van der Waals surface area contributed by atoms with E-state index in [4.69, 9.17) is 0 Å². The molecule has 7 nitrogen and oxygen atoms in total. The van der Waals surface area contributed by atoms with Gasteiger partial charge in [-0.05, 0) is 5.56 Å². The first-order chi connectivity index (χ1) is 9.43. The Kier molecular flexibility index (Phi) is 3.28. The Balaban J connectivity index is 1.67. The van der Waals surface area contributed by atoms with E-state index < -0.39 is 0 Å². The number of H-pyrrole nitrogens is 2. The summed E-state index contributed by atoms with van der Waals surface area (Å²) in [5, 5.41) is 24.1. The first-order valence-corrected chi connectivity index (χ1v) is 5.94. The SMILES string of the molecule is c1ccc(-c2[nH]ncc2CNCc2nn[nH]n2)cc1. The summed E-state index contributed by atoms with van der Waals surface area (Å²) >= 11 is 0. The molecule has 2 heterocycles. The quantitative estimate of drug-likeness (QED) is 0.629. The summed E-state index contributed by atoms with van der Waals surface area (Å²) in [4.78, 5) is 0. The molecule has 3 aromatic rings. The molecular weight excluding hydrogens is 242 g/mol. The monoisotopic (exact) mass is 255 g/mol. The van der Waals surface area contributed by atoms with Crippen LogP contribution in [0.5, 0.6) is 0 Å². The minimum absolute atomic E-state index is 0.565. The van der Waals surface area contributed by atoms with Gasteiger partial charge >= 0.3 is 0 Å². The zero-order chi connectivity index (χ0) is 12.9. The van der Waals surface area contributed by atoms with Gasteiger partial charge in [0.15, 0.2) is 5.82 Å². The van der Waals surface area contributed by atoms with Crippen molar-refractivity contribution in [2.45, 2.75) is 13.1 Å². The van der Waals surface area contributed by atoms with E-state index in [1.165, 1.54) is 0 Å². The number of aromatic amines is 2. The molecule has 7 heteroatoms. The standard InChI is InChI=1S/C12H13N7/c1-2-4-9(5-3-1)12-10(7-14-17-12)6-13-8-11-15-18-19-16-11/h1-5,7,13H,6,8H2,(H,14,17)(H,15,16,18,19). The third-order valence-electron chi connectivity index (χ3n) is 2.77. The Labute approximate surface area is 109 Å². The lowest BCUT2D eigenvalue weighted by atomic mass is 10.1. The van der Waals surface area contributed by atoms with E-state index >= 15 is 0 Å². The van der Waals surface area contributed by atoms with Crippen LogP contribution < -0.4 is 5.32 Å². The van der Waals surface area contributed by atoms with Crippen molar-refractivity contribution in [1.82, 2.24) is 36.1 Å². The Morgan fingerprint density at radius 2 is 2.00 bits per heavy atom. The Bertz CT molecular complexity index is 615. The van der Waals surface area contributed by atoms with Gasteiger partial charge < -0.3 is 5.32 Å². The molecule has 0 radical (unpaired) electrons. The summed E-state index contributed by atoms with van der Waals surface area (Å²) in [5.41, 5.74) is 3.26. The summed E-state index contributed by atoms with van der Waals surface area (Å²) in [6.07, 6.45) is 1.82. The Hall–Kier alpha value is -2.54. The van der Waals surface area contributed by atoms with Gasteiger partial charge in [-0.3, -0.25) is 5.10 Å². The van der Waals surface area contributed by atoms with Crippen molar-refractivity contribution in [3.05, 3.63) is 47.9 Å². The molecule has 0 spiro atoms. The van der Waals surface area contributed by atoms with Gasteiger partial charge in [0.25, 0.3) is 0 Å². The van der Waals surface area contributed by atoms with Crippen LogP contribution in [0.2, 0.25) is 0 Å². The van der Waals surface area contributed by atoms with Crippen LogP contribution in [0.4, 0.5) is 0 Å². The molecule has 0 unspecified atom stereocenters. The second kappa shape index (κ2) is 5.40.